The summed E-state index contributed by atoms with van der Waals surface area (Å²) >= 11 is 0. The summed E-state index contributed by atoms with van der Waals surface area (Å²) in [5.41, 5.74) is 0.950. The summed E-state index contributed by atoms with van der Waals surface area (Å²) in [6.07, 6.45) is 2.26. The molecule has 1 aromatic rings. The molecule has 0 spiro atoms. The van der Waals surface area contributed by atoms with Crippen LogP contribution in [0.3, 0.4) is 0 Å². The number of carbonyl (C=O) groups is 1. The van der Waals surface area contributed by atoms with Crippen molar-refractivity contribution in [3.05, 3.63) is 24.0 Å². The number of hydrogen-bond donors (Lipinski definition) is 2. The average Bonchev–Trinajstić information content (AvgIpc) is 2.17. The second-order valence-corrected chi connectivity index (χ2v) is 3.99. The van der Waals surface area contributed by atoms with Crippen molar-refractivity contribution in [2.75, 3.05) is 0 Å². The van der Waals surface area contributed by atoms with Gasteiger partial charge >= 0.3 is 6.09 Å². The molecular weight excluding hydrogens is 208 g/mol. The van der Waals surface area contributed by atoms with Crippen molar-refractivity contribution in [3.63, 3.8) is 0 Å². The van der Waals surface area contributed by atoms with Gasteiger partial charge in [-0.05, 0) is 19.1 Å². The van der Waals surface area contributed by atoms with E-state index in [4.69, 9.17) is 9.84 Å². The maximum atomic E-state index is 10.3. The highest BCUT2D eigenvalue weighted by Crippen LogP contribution is 2.25. The molecule has 1 saturated carbocycles. The molecule has 1 heterocycles. The van der Waals surface area contributed by atoms with E-state index in [9.17, 15) is 4.79 Å². The highest BCUT2D eigenvalue weighted by molar-refractivity contribution is 5.65. The number of hydrogen-bond acceptors (Lipinski definition) is 3. The van der Waals surface area contributed by atoms with Crippen LogP contribution in [0.4, 0.5) is 4.79 Å². The highest BCUT2D eigenvalue weighted by Gasteiger charge is 2.31. The predicted molar refractivity (Wildman–Crippen MR) is 57.6 cm³/mol. The normalized spacial score (nSPS) is 23.3. The van der Waals surface area contributed by atoms with Crippen molar-refractivity contribution >= 4 is 6.09 Å². The molecule has 1 fully saturated rings. The first kappa shape index (κ1) is 10.7. The third kappa shape index (κ3) is 2.62. The number of carboxylic acid groups (broad SMARTS) is 1. The standard InChI is InChI=1S/C11H14N2O3/c1-7-2-3-9(6-12-7)16-10-4-8(5-10)13-11(14)15/h2-3,6,8,10,13H,4-5H2,1H3,(H,14,15)/t8-,10-. The maximum absolute atomic E-state index is 10.3. The quantitative estimate of drug-likeness (QED) is 0.814. The van der Waals surface area contributed by atoms with Gasteiger partial charge in [0.05, 0.1) is 6.20 Å². The van der Waals surface area contributed by atoms with E-state index in [1.807, 2.05) is 19.1 Å². The van der Waals surface area contributed by atoms with E-state index in [1.165, 1.54) is 0 Å². The molecule has 1 aliphatic carbocycles. The summed E-state index contributed by atoms with van der Waals surface area (Å²) in [7, 11) is 0. The molecule has 0 atom stereocenters. The number of rotatable bonds is 3. The van der Waals surface area contributed by atoms with Gasteiger partial charge in [0.15, 0.2) is 0 Å². The largest absolute Gasteiger partial charge is 0.489 e. The minimum absolute atomic E-state index is 0.0286. The Balaban J connectivity index is 1.77. The van der Waals surface area contributed by atoms with Gasteiger partial charge in [-0.15, -0.1) is 0 Å². The van der Waals surface area contributed by atoms with E-state index in [0.29, 0.717) is 0 Å². The molecule has 0 radical (unpaired) electrons. The van der Waals surface area contributed by atoms with E-state index in [1.54, 1.807) is 6.20 Å². The SMILES string of the molecule is Cc1ccc(O[C@H]2C[C@H](NC(=O)O)C2)cn1. The Morgan fingerprint density at radius 2 is 2.31 bits per heavy atom. The number of amides is 1. The lowest BCUT2D eigenvalue weighted by Gasteiger charge is -2.34. The fraction of sp³-hybridized carbons (Fsp3) is 0.455. The Morgan fingerprint density at radius 3 is 2.88 bits per heavy atom. The van der Waals surface area contributed by atoms with E-state index in [0.717, 1.165) is 24.3 Å². The van der Waals surface area contributed by atoms with Crippen LogP contribution in [-0.2, 0) is 0 Å². The Labute approximate surface area is 93.5 Å². The molecular formula is C11H14N2O3. The summed E-state index contributed by atoms with van der Waals surface area (Å²) < 4.78 is 5.62. The summed E-state index contributed by atoms with van der Waals surface area (Å²) in [4.78, 5) is 14.5. The van der Waals surface area contributed by atoms with E-state index < -0.39 is 6.09 Å². The van der Waals surface area contributed by atoms with Crippen LogP contribution in [0.25, 0.3) is 0 Å². The summed E-state index contributed by atoms with van der Waals surface area (Å²) in [6.45, 7) is 1.92. The second-order valence-electron chi connectivity index (χ2n) is 3.99. The van der Waals surface area contributed by atoms with Gasteiger partial charge in [-0.25, -0.2) is 4.79 Å². The Morgan fingerprint density at radius 1 is 1.56 bits per heavy atom. The minimum Gasteiger partial charge on any atom is -0.489 e. The van der Waals surface area contributed by atoms with Crippen molar-refractivity contribution < 1.29 is 14.6 Å². The van der Waals surface area contributed by atoms with Gasteiger partial charge < -0.3 is 15.2 Å². The van der Waals surface area contributed by atoms with Gasteiger partial charge in [-0.2, -0.15) is 0 Å². The highest BCUT2D eigenvalue weighted by atomic mass is 16.5. The van der Waals surface area contributed by atoms with Crippen molar-refractivity contribution in [1.29, 1.82) is 0 Å². The van der Waals surface area contributed by atoms with Gasteiger partial charge in [0.25, 0.3) is 0 Å². The summed E-state index contributed by atoms with van der Waals surface area (Å²) in [6, 6.07) is 3.79. The first-order valence-corrected chi connectivity index (χ1v) is 5.22. The van der Waals surface area contributed by atoms with Crippen molar-refractivity contribution in [1.82, 2.24) is 10.3 Å². The van der Waals surface area contributed by atoms with E-state index >= 15 is 0 Å². The van der Waals surface area contributed by atoms with Crippen LogP contribution < -0.4 is 10.1 Å². The van der Waals surface area contributed by atoms with Gasteiger partial charge in [0.2, 0.25) is 0 Å². The Bertz CT molecular complexity index is 371. The first-order valence-electron chi connectivity index (χ1n) is 5.22. The van der Waals surface area contributed by atoms with Crippen LogP contribution >= 0.6 is 0 Å². The van der Waals surface area contributed by atoms with E-state index in [-0.39, 0.29) is 12.1 Å². The number of nitrogens with zero attached hydrogens (tertiary/aromatic N) is 1. The third-order valence-electron chi connectivity index (χ3n) is 2.61. The smallest absolute Gasteiger partial charge is 0.404 e. The van der Waals surface area contributed by atoms with Crippen LogP contribution in [0.15, 0.2) is 18.3 Å². The second kappa shape index (κ2) is 4.38. The maximum Gasteiger partial charge on any atom is 0.404 e. The topological polar surface area (TPSA) is 71.5 Å². The molecule has 0 aliphatic heterocycles. The summed E-state index contributed by atoms with van der Waals surface area (Å²) in [5.74, 6) is 0.740. The van der Waals surface area contributed by atoms with Crippen molar-refractivity contribution in [3.8, 4) is 5.75 Å². The molecule has 0 bridgehead atoms. The summed E-state index contributed by atoms with van der Waals surface area (Å²) in [5, 5.41) is 10.9. The van der Waals surface area contributed by atoms with Gasteiger partial charge in [0.1, 0.15) is 11.9 Å². The number of aromatic nitrogens is 1. The van der Waals surface area contributed by atoms with Crippen LogP contribution in [0.2, 0.25) is 0 Å². The molecule has 1 aliphatic rings. The average molecular weight is 222 g/mol. The lowest BCUT2D eigenvalue weighted by molar-refractivity contribution is 0.0830. The zero-order valence-electron chi connectivity index (χ0n) is 9.01. The van der Waals surface area contributed by atoms with Crippen molar-refractivity contribution in [2.24, 2.45) is 0 Å². The van der Waals surface area contributed by atoms with E-state index in [2.05, 4.69) is 10.3 Å². The Kier molecular flexibility index (Phi) is 2.94. The minimum atomic E-state index is -0.972. The van der Waals surface area contributed by atoms with Crippen LogP contribution in [0.5, 0.6) is 5.75 Å². The third-order valence-corrected chi connectivity index (χ3v) is 2.61. The monoisotopic (exact) mass is 222 g/mol. The zero-order chi connectivity index (χ0) is 11.5. The molecule has 0 unspecified atom stereocenters. The van der Waals surface area contributed by atoms with Crippen LogP contribution in [-0.4, -0.2) is 28.3 Å². The molecule has 1 amide bonds. The molecule has 16 heavy (non-hydrogen) atoms. The van der Waals surface area contributed by atoms with Crippen molar-refractivity contribution in [2.45, 2.75) is 31.9 Å². The predicted octanol–water partition coefficient (Wildman–Crippen LogP) is 1.57. The van der Waals surface area contributed by atoms with Crippen LogP contribution in [0.1, 0.15) is 18.5 Å². The Hall–Kier alpha value is -1.78. The lowest BCUT2D eigenvalue weighted by atomic mass is 9.89. The zero-order valence-corrected chi connectivity index (χ0v) is 9.01. The fourth-order valence-corrected chi connectivity index (χ4v) is 1.67. The number of ether oxygens (including phenoxy) is 1. The molecule has 1 aromatic heterocycles. The molecule has 0 saturated heterocycles. The molecule has 86 valence electrons. The van der Waals surface area contributed by atoms with Gasteiger partial charge in [-0.3, -0.25) is 4.98 Å². The molecule has 5 nitrogen and oxygen atoms in total. The first-order chi connectivity index (χ1) is 7.63. The number of aryl methyl sites for hydroxylation is 1. The number of pyridine rings is 1. The molecule has 2 N–H and O–H groups in total. The van der Waals surface area contributed by atoms with Gasteiger partial charge in [0, 0.05) is 24.6 Å². The number of nitrogens with one attached hydrogen (secondary N) is 1. The van der Waals surface area contributed by atoms with Crippen LogP contribution in [0, 0.1) is 6.92 Å². The van der Waals surface area contributed by atoms with Gasteiger partial charge in [-0.1, -0.05) is 0 Å². The fourth-order valence-electron chi connectivity index (χ4n) is 1.67. The lowest BCUT2D eigenvalue weighted by Crippen LogP contribution is -2.48. The molecule has 5 heteroatoms. The molecule has 0 aromatic carbocycles. The molecule has 2 rings (SSSR count).